The lowest BCUT2D eigenvalue weighted by atomic mass is 9.89. The van der Waals surface area contributed by atoms with E-state index in [0.29, 0.717) is 0 Å². The van der Waals surface area contributed by atoms with Gasteiger partial charge in [-0.05, 0) is 36.5 Å². The summed E-state index contributed by atoms with van der Waals surface area (Å²) in [4.78, 5) is 12.5. The molecule has 1 unspecified atom stereocenters. The summed E-state index contributed by atoms with van der Waals surface area (Å²) in [6, 6.07) is 7.92. The molecule has 1 aliphatic rings. The summed E-state index contributed by atoms with van der Waals surface area (Å²) in [6.07, 6.45) is 1.53. The summed E-state index contributed by atoms with van der Waals surface area (Å²) < 4.78 is 6.30. The van der Waals surface area contributed by atoms with Crippen LogP contribution in [0.2, 0.25) is 18.1 Å². The van der Waals surface area contributed by atoms with E-state index in [-0.39, 0.29) is 16.9 Å². The van der Waals surface area contributed by atoms with Crippen LogP contribution in [0.4, 0.5) is 0 Å². The topological polar surface area (TPSA) is 26.3 Å². The molecule has 0 radical (unpaired) electrons. The van der Waals surface area contributed by atoms with Crippen LogP contribution in [-0.4, -0.2) is 20.2 Å². The molecular weight excluding hydrogens is 252 g/mol. The molecule has 0 spiro atoms. The van der Waals surface area contributed by atoms with Crippen molar-refractivity contribution in [3.05, 3.63) is 35.4 Å². The third-order valence-corrected chi connectivity index (χ3v) is 8.98. The smallest absolute Gasteiger partial charge is 0.193 e. The van der Waals surface area contributed by atoms with E-state index < -0.39 is 8.32 Å². The molecule has 0 bridgehead atoms. The van der Waals surface area contributed by atoms with E-state index in [2.05, 4.69) is 39.9 Å². The normalized spacial score (nSPS) is 20.3. The van der Waals surface area contributed by atoms with Gasteiger partial charge in [0.25, 0.3) is 0 Å². The van der Waals surface area contributed by atoms with Crippen molar-refractivity contribution < 1.29 is 9.22 Å². The predicted octanol–water partition coefficient (Wildman–Crippen LogP) is 4.21. The van der Waals surface area contributed by atoms with Crippen molar-refractivity contribution in [1.82, 2.24) is 0 Å². The van der Waals surface area contributed by atoms with Crippen molar-refractivity contribution in [2.45, 2.75) is 57.8 Å². The van der Waals surface area contributed by atoms with Crippen molar-refractivity contribution in [3.8, 4) is 0 Å². The maximum atomic E-state index is 12.5. The molecule has 0 fully saturated rings. The van der Waals surface area contributed by atoms with Crippen molar-refractivity contribution >= 4 is 14.1 Å². The highest BCUT2D eigenvalue weighted by molar-refractivity contribution is 6.74. The Kier molecular flexibility index (Phi) is 3.71. The Morgan fingerprint density at radius 2 is 1.84 bits per heavy atom. The average Bonchev–Trinajstić information content (AvgIpc) is 2.31. The Balaban J connectivity index is 2.20. The van der Waals surface area contributed by atoms with Crippen molar-refractivity contribution in [1.29, 1.82) is 0 Å². The molecule has 1 aliphatic carbocycles. The van der Waals surface area contributed by atoms with Gasteiger partial charge in [-0.15, -0.1) is 0 Å². The molecule has 0 saturated heterocycles. The zero-order valence-corrected chi connectivity index (χ0v) is 13.6. The zero-order chi connectivity index (χ0) is 14.3. The van der Waals surface area contributed by atoms with Gasteiger partial charge in [-0.25, -0.2) is 0 Å². The molecule has 1 atom stereocenters. The molecule has 2 nitrogen and oxygen atoms in total. The number of benzene rings is 1. The van der Waals surface area contributed by atoms with Gasteiger partial charge in [-0.3, -0.25) is 4.79 Å². The minimum atomic E-state index is -1.88. The van der Waals surface area contributed by atoms with Crippen LogP contribution in [0.25, 0.3) is 0 Å². The standard InChI is InChI=1S/C16H24O2Si/c1-16(2,3)19(4,5)18-14-11-10-12-8-6-7-9-13(12)15(14)17/h6-9,14H,10-11H2,1-5H3. The first-order chi connectivity index (χ1) is 8.72. The van der Waals surface area contributed by atoms with Crippen LogP contribution in [0.1, 0.15) is 43.1 Å². The third-order valence-electron chi connectivity index (χ3n) is 4.49. The van der Waals surface area contributed by atoms with Crippen LogP contribution in [0.5, 0.6) is 0 Å². The zero-order valence-electron chi connectivity index (χ0n) is 12.6. The monoisotopic (exact) mass is 276 g/mol. The molecular formula is C16H24O2Si. The quantitative estimate of drug-likeness (QED) is 0.757. The van der Waals surface area contributed by atoms with Crippen LogP contribution in [0, 0.1) is 0 Å². The minimum absolute atomic E-state index is 0.143. The molecule has 104 valence electrons. The number of fused-ring (bicyclic) bond motifs is 1. The largest absolute Gasteiger partial charge is 0.407 e. The fourth-order valence-electron chi connectivity index (χ4n) is 2.21. The maximum Gasteiger partial charge on any atom is 0.193 e. The van der Waals surface area contributed by atoms with Gasteiger partial charge in [0, 0.05) is 5.56 Å². The van der Waals surface area contributed by atoms with Crippen molar-refractivity contribution in [2.75, 3.05) is 0 Å². The first-order valence-corrected chi connectivity index (χ1v) is 9.93. The van der Waals surface area contributed by atoms with Gasteiger partial charge in [0.1, 0.15) is 6.10 Å². The van der Waals surface area contributed by atoms with E-state index >= 15 is 0 Å². The molecule has 19 heavy (non-hydrogen) atoms. The summed E-state index contributed by atoms with van der Waals surface area (Å²) in [6.45, 7) is 11.0. The van der Waals surface area contributed by atoms with Crippen LogP contribution in [0.3, 0.4) is 0 Å². The molecule has 2 rings (SSSR count). The summed E-state index contributed by atoms with van der Waals surface area (Å²) >= 11 is 0. The summed E-state index contributed by atoms with van der Waals surface area (Å²) in [5.74, 6) is 0.173. The molecule has 1 aromatic carbocycles. The highest BCUT2D eigenvalue weighted by Gasteiger charge is 2.41. The molecule has 0 saturated carbocycles. The second-order valence-electron chi connectivity index (χ2n) is 6.93. The predicted molar refractivity (Wildman–Crippen MR) is 81.2 cm³/mol. The number of hydrogen-bond donors (Lipinski definition) is 0. The fraction of sp³-hybridized carbons (Fsp3) is 0.562. The summed E-state index contributed by atoms with van der Waals surface area (Å²) in [7, 11) is -1.88. The van der Waals surface area contributed by atoms with E-state index in [4.69, 9.17) is 4.43 Å². The molecule has 0 N–H and O–H groups in total. The van der Waals surface area contributed by atoms with Gasteiger partial charge in [0.15, 0.2) is 14.1 Å². The van der Waals surface area contributed by atoms with Crippen LogP contribution >= 0.6 is 0 Å². The van der Waals surface area contributed by atoms with Gasteiger partial charge >= 0.3 is 0 Å². The molecule has 3 heteroatoms. The average molecular weight is 276 g/mol. The second kappa shape index (κ2) is 4.87. The van der Waals surface area contributed by atoms with Crippen LogP contribution < -0.4 is 0 Å². The van der Waals surface area contributed by atoms with E-state index in [0.717, 1.165) is 18.4 Å². The summed E-state index contributed by atoms with van der Waals surface area (Å²) in [5.41, 5.74) is 2.03. The number of carbonyl (C=O) groups is 1. The van der Waals surface area contributed by atoms with Crippen molar-refractivity contribution in [3.63, 3.8) is 0 Å². The van der Waals surface area contributed by atoms with E-state index in [1.54, 1.807) is 0 Å². The van der Waals surface area contributed by atoms with Gasteiger partial charge in [-0.2, -0.15) is 0 Å². The molecule has 0 aromatic heterocycles. The Morgan fingerprint density at radius 1 is 1.21 bits per heavy atom. The molecule has 0 aliphatic heterocycles. The second-order valence-corrected chi connectivity index (χ2v) is 11.7. The van der Waals surface area contributed by atoms with Gasteiger partial charge in [0.2, 0.25) is 0 Å². The maximum absolute atomic E-state index is 12.5. The molecule has 0 amide bonds. The van der Waals surface area contributed by atoms with E-state index in [9.17, 15) is 4.79 Å². The van der Waals surface area contributed by atoms with E-state index in [1.165, 1.54) is 5.56 Å². The molecule has 1 aromatic rings. The first-order valence-electron chi connectivity index (χ1n) is 7.02. The highest BCUT2D eigenvalue weighted by Crippen LogP contribution is 2.38. The third kappa shape index (κ3) is 2.82. The number of hydrogen-bond acceptors (Lipinski definition) is 2. The van der Waals surface area contributed by atoms with Crippen molar-refractivity contribution in [2.24, 2.45) is 0 Å². The number of aryl methyl sites for hydroxylation is 1. The van der Waals surface area contributed by atoms with Gasteiger partial charge in [-0.1, -0.05) is 45.0 Å². The van der Waals surface area contributed by atoms with Gasteiger partial charge in [0.05, 0.1) is 0 Å². The number of ketones is 1. The lowest BCUT2D eigenvalue weighted by molar-refractivity contribution is 0.0734. The van der Waals surface area contributed by atoms with Gasteiger partial charge < -0.3 is 4.43 Å². The Hall–Kier alpha value is -0.933. The Labute approximate surface area is 117 Å². The van der Waals surface area contributed by atoms with Crippen LogP contribution in [-0.2, 0) is 10.8 Å². The summed E-state index contributed by atoms with van der Waals surface area (Å²) in [5, 5.41) is 0.143. The fourth-order valence-corrected chi connectivity index (χ4v) is 3.50. The highest BCUT2D eigenvalue weighted by atomic mass is 28.4. The minimum Gasteiger partial charge on any atom is -0.407 e. The lowest BCUT2D eigenvalue weighted by Crippen LogP contribution is -2.47. The Bertz CT molecular complexity index is 486. The lowest BCUT2D eigenvalue weighted by Gasteiger charge is -2.39. The Morgan fingerprint density at radius 3 is 2.47 bits per heavy atom. The van der Waals surface area contributed by atoms with Crippen LogP contribution in [0.15, 0.2) is 24.3 Å². The SMILES string of the molecule is CC(C)(C)[Si](C)(C)OC1CCc2ccccc2C1=O. The molecule has 0 heterocycles. The number of Topliss-reactive ketones (excluding diaryl/α,β-unsaturated/α-hetero) is 1. The first kappa shape index (κ1) is 14.5. The van der Waals surface area contributed by atoms with E-state index in [1.807, 2.05) is 18.2 Å². The number of rotatable bonds is 2. The number of carbonyl (C=O) groups excluding carboxylic acids is 1.